The standard InChI is InChI=1S/C17H26BrNO3Si/c1-11(20)13-8-12-14(15(18)19-13)21-9-17(12,5)10-22-23(6,7)16(2,3)4/h8H,9-10H2,1-7H3/t17-/m0/s1. The fourth-order valence-electron chi connectivity index (χ4n) is 2.25. The van der Waals surface area contributed by atoms with Crippen molar-refractivity contribution < 1.29 is 14.0 Å². The lowest BCUT2D eigenvalue weighted by Gasteiger charge is -2.38. The molecule has 23 heavy (non-hydrogen) atoms. The average Bonchev–Trinajstić information content (AvgIpc) is 2.74. The Labute approximate surface area is 148 Å². The fourth-order valence-corrected chi connectivity index (χ4v) is 3.88. The van der Waals surface area contributed by atoms with Gasteiger partial charge >= 0.3 is 0 Å². The SMILES string of the molecule is CC(=O)c1cc2c(c(Br)n1)OC[C@@]2(C)CO[Si](C)(C)C(C)(C)C. The van der Waals surface area contributed by atoms with Crippen LogP contribution in [0.25, 0.3) is 0 Å². The molecule has 0 N–H and O–H groups in total. The zero-order valence-corrected chi connectivity index (χ0v) is 17.6. The molecule has 1 aromatic rings. The predicted octanol–water partition coefficient (Wildman–Crippen LogP) is 4.72. The second-order valence-corrected chi connectivity index (χ2v) is 13.7. The highest BCUT2D eigenvalue weighted by atomic mass is 79.9. The van der Waals surface area contributed by atoms with Gasteiger partial charge in [-0.05, 0) is 47.1 Å². The van der Waals surface area contributed by atoms with E-state index < -0.39 is 8.32 Å². The van der Waals surface area contributed by atoms with Gasteiger partial charge in [-0.3, -0.25) is 4.79 Å². The van der Waals surface area contributed by atoms with Crippen LogP contribution in [0.5, 0.6) is 5.75 Å². The maximum absolute atomic E-state index is 11.7. The molecule has 0 spiro atoms. The third-order valence-corrected chi connectivity index (χ3v) is 10.1. The number of hydrogen-bond acceptors (Lipinski definition) is 4. The van der Waals surface area contributed by atoms with E-state index in [1.165, 1.54) is 6.92 Å². The topological polar surface area (TPSA) is 48.4 Å². The molecule has 6 heteroatoms. The second kappa shape index (κ2) is 5.97. The van der Waals surface area contributed by atoms with Crippen LogP contribution in [-0.2, 0) is 9.84 Å². The number of Topliss-reactive ketones (excluding diaryl/α,β-unsaturated/α-hetero) is 1. The second-order valence-electron chi connectivity index (χ2n) is 8.13. The Kier molecular flexibility index (Phi) is 4.83. The smallest absolute Gasteiger partial charge is 0.192 e. The van der Waals surface area contributed by atoms with Crippen molar-refractivity contribution in [1.29, 1.82) is 0 Å². The lowest BCUT2D eigenvalue weighted by Crippen LogP contribution is -2.45. The number of carbonyl (C=O) groups excluding carboxylic acids is 1. The van der Waals surface area contributed by atoms with Crippen LogP contribution in [0.4, 0.5) is 0 Å². The Morgan fingerprint density at radius 1 is 1.48 bits per heavy atom. The van der Waals surface area contributed by atoms with Crippen LogP contribution in [0.15, 0.2) is 10.7 Å². The Bertz CT molecular complexity index is 639. The van der Waals surface area contributed by atoms with Gasteiger partial charge in [0, 0.05) is 19.1 Å². The first kappa shape index (κ1) is 18.6. The van der Waals surface area contributed by atoms with E-state index in [2.05, 4.69) is 61.7 Å². The molecular formula is C17H26BrNO3Si. The summed E-state index contributed by atoms with van der Waals surface area (Å²) < 4.78 is 12.9. The summed E-state index contributed by atoms with van der Waals surface area (Å²) in [7, 11) is -1.84. The number of nitrogens with zero attached hydrogens (tertiary/aromatic N) is 1. The number of hydrogen-bond donors (Lipinski definition) is 0. The third kappa shape index (κ3) is 3.54. The number of halogens is 1. The summed E-state index contributed by atoms with van der Waals surface area (Å²) in [5.41, 5.74) is 1.20. The van der Waals surface area contributed by atoms with Gasteiger partial charge in [0.05, 0.1) is 5.41 Å². The molecular weight excluding hydrogens is 374 g/mol. The Morgan fingerprint density at radius 3 is 2.61 bits per heavy atom. The maximum atomic E-state index is 11.7. The zero-order chi connectivity index (χ0) is 17.6. The minimum Gasteiger partial charge on any atom is -0.489 e. The van der Waals surface area contributed by atoms with Gasteiger partial charge < -0.3 is 9.16 Å². The van der Waals surface area contributed by atoms with Gasteiger partial charge in [0.2, 0.25) is 0 Å². The highest BCUT2D eigenvalue weighted by Gasteiger charge is 2.43. The van der Waals surface area contributed by atoms with E-state index in [4.69, 9.17) is 9.16 Å². The molecule has 0 amide bonds. The lowest BCUT2D eigenvalue weighted by atomic mass is 9.85. The van der Waals surface area contributed by atoms with Gasteiger partial charge in [-0.1, -0.05) is 20.8 Å². The molecule has 0 saturated carbocycles. The minimum absolute atomic E-state index is 0.0481. The van der Waals surface area contributed by atoms with Crippen molar-refractivity contribution in [1.82, 2.24) is 4.98 Å². The highest BCUT2D eigenvalue weighted by molar-refractivity contribution is 9.10. The van der Waals surface area contributed by atoms with Crippen LogP contribution < -0.4 is 4.74 Å². The predicted molar refractivity (Wildman–Crippen MR) is 97.9 cm³/mol. The summed E-state index contributed by atoms with van der Waals surface area (Å²) in [5.74, 6) is 0.685. The van der Waals surface area contributed by atoms with E-state index in [9.17, 15) is 4.79 Å². The van der Waals surface area contributed by atoms with Crippen LogP contribution in [0.2, 0.25) is 18.1 Å². The van der Waals surface area contributed by atoms with E-state index >= 15 is 0 Å². The molecule has 0 unspecified atom stereocenters. The van der Waals surface area contributed by atoms with Crippen molar-refractivity contribution in [3.05, 3.63) is 21.9 Å². The van der Waals surface area contributed by atoms with Crippen molar-refractivity contribution >= 4 is 30.0 Å². The molecule has 0 radical (unpaired) electrons. The molecule has 0 saturated heterocycles. The Hall–Kier alpha value is -0.723. The van der Waals surface area contributed by atoms with Gasteiger partial charge in [0.1, 0.15) is 16.9 Å². The minimum atomic E-state index is -1.84. The van der Waals surface area contributed by atoms with Gasteiger partial charge in [-0.25, -0.2) is 4.98 Å². The first-order valence-corrected chi connectivity index (χ1v) is 11.6. The molecule has 1 aliphatic rings. The number of fused-ring (bicyclic) bond motifs is 1. The number of carbonyl (C=O) groups is 1. The van der Waals surface area contributed by atoms with Crippen LogP contribution in [0, 0.1) is 0 Å². The molecule has 2 rings (SSSR count). The van der Waals surface area contributed by atoms with E-state index in [1.807, 2.05) is 6.07 Å². The lowest BCUT2D eigenvalue weighted by molar-refractivity contribution is 0.101. The zero-order valence-electron chi connectivity index (χ0n) is 15.0. The van der Waals surface area contributed by atoms with Gasteiger partial charge in [0.25, 0.3) is 0 Å². The molecule has 128 valence electrons. The molecule has 1 aromatic heterocycles. The normalized spacial score (nSPS) is 21.0. The first-order chi connectivity index (χ1) is 10.4. The van der Waals surface area contributed by atoms with Crippen LogP contribution in [0.1, 0.15) is 50.7 Å². The van der Waals surface area contributed by atoms with Crippen molar-refractivity contribution in [3.8, 4) is 5.75 Å². The molecule has 0 bridgehead atoms. The van der Waals surface area contributed by atoms with Crippen LogP contribution in [0.3, 0.4) is 0 Å². The molecule has 0 fully saturated rings. The third-order valence-electron chi connectivity index (χ3n) is 5.04. The van der Waals surface area contributed by atoms with Crippen molar-refractivity contribution in [2.45, 2.75) is 58.2 Å². The van der Waals surface area contributed by atoms with Gasteiger partial charge in [-0.2, -0.15) is 0 Å². The van der Waals surface area contributed by atoms with Crippen molar-refractivity contribution in [3.63, 3.8) is 0 Å². The first-order valence-electron chi connectivity index (χ1n) is 7.86. The summed E-state index contributed by atoms with van der Waals surface area (Å²) in [6.45, 7) is 16.0. The van der Waals surface area contributed by atoms with Crippen molar-refractivity contribution in [2.24, 2.45) is 0 Å². The fraction of sp³-hybridized carbons (Fsp3) is 0.647. The molecule has 4 nitrogen and oxygen atoms in total. The molecule has 2 heterocycles. The summed E-state index contributed by atoms with van der Waals surface area (Å²) in [4.78, 5) is 16.0. The number of rotatable bonds is 4. The van der Waals surface area contributed by atoms with E-state index in [-0.39, 0.29) is 16.2 Å². The molecule has 1 atom stereocenters. The number of ketones is 1. The number of aromatic nitrogens is 1. The van der Waals surface area contributed by atoms with Crippen LogP contribution >= 0.6 is 15.9 Å². The van der Waals surface area contributed by atoms with Crippen molar-refractivity contribution in [2.75, 3.05) is 13.2 Å². The van der Waals surface area contributed by atoms with Gasteiger partial charge in [0.15, 0.2) is 19.9 Å². The van der Waals surface area contributed by atoms with E-state index in [0.717, 1.165) is 11.3 Å². The maximum Gasteiger partial charge on any atom is 0.192 e. The Balaban J connectivity index is 2.32. The summed E-state index contributed by atoms with van der Waals surface area (Å²) in [6.07, 6.45) is 0. The quantitative estimate of drug-likeness (QED) is 0.417. The molecule has 1 aliphatic heterocycles. The van der Waals surface area contributed by atoms with E-state index in [1.54, 1.807) is 0 Å². The number of ether oxygens (including phenoxy) is 1. The molecule has 0 aliphatic carbocycles. The van der Waals surface area contributed by atoms with Crippen LogP contribution in [-0.4, -0.2) is 32.3 Å². The average molecular weight is 400 g/mol. The highest BCUT2D eigenvalue weighted by Crippen LogP contribution is 2.44. The number of pyridine rings is 1. The largest absolute Gasteiger partial charge is 0.489 e. The summed E-state index contributed by atoms with van der Waals surface area (Å²) in [6, 6.07) is 1.85. The van der Waals surface area contributed by atoms with Gasteiger partial charge in [-0.15, -0.1) is 0 Å². The summed E-state index contributed by atoms with van der Waals surface area (Å²) in [5, 5.41) is 0.162. The van der Waals surface area contributed by atoms with E-state index in [0.29, 0.717) is 23.5 Å². The molecule has 0 aromatic carbocycles. The summed E-state index contributed by atoms with van der Waals surface area (Å²) >= 11 is 3.42. The Morgan fingerprint density at radius 2 is 2.09 bits per heavy atom. The monoisotopic (exact) mass is 399 g/mol.